The first-order chi connectivity index (χ1) is 9.38. The maximum absolute atomic E-state index is 11.3. The summed E-state index contributed by atoms with van der Waals surface area (Å²) < 4.78 is 22.7. The lowest BCUT2D eigenvalue weighted by molar-refractivity contribution is 0.0692. The molecule has 0 fully saturated rings. The van der Waals surface area contributed by atoms with Crippen molar-refractivity contribution in [1.29, 1.82) is 0 Å². The first-order valence-corrected chi connectivity index (χ1v) is 8.25. The smallest absolute Gasteiger partial charge is 0.338 e. The van der Waals surface area contributed by atoms with Crippen molar-refractivity contribution in [3.05, 3.63) is 48.2 Å². The van der Waals surface area contributed by atoms with E-state index in [1.54, 1.807) is 18.2 Å². The molecule has 104 valence electrons. The normalized spacial score (nSPS) is 11.2. The summed E-state index contributed by atoms with van der Waals surface area (Å²) in [5, 5.41) is 9.43. The highest BCUT2D eigenvalue weighted by Gasteiger charge is 2.12. The number of hydrogen-bond acceptors (Lipinski definition) is 5. The van der Waals surface area contributed by atoms with Gasteiger partial charge in [0.2, 0.25) is 0 Å². The molecule has 0 aliphatic carbocycles. The monoisotopic (exact) mass is 309 g/mol. The molecular weight excluding hydrogens is 298 g/mol. The molecule has 0 aliphatic heterocycles. The molecule has 5 nitrogen and oxygen atoms in total. The Morgan fingerprint density at radius 2 is 1.85 bits per heavy atom. The molecule has 20 heavy (non-hydrogen) atoms. The minimum absolute atomic E-state index is 0.115. The number of carboxylic acid groups (broad SMARTS) is 1. The zero-order valence-corrected chi connectivity index (χ0v) is 12.1. The third kappa shape index (κ3) is 3.37. The van der Waals surface area contributed by atoms with Gasteiger partial charge in [-0.25, -0.2) is 18.2 Å². The topological polar surface area (TPSA) is 84.3 Å². The Labute approximate surface area is 120 Å². The molecule has 0 atom stereocenters. The number of sulfone groups is 1. The van der Waals surface area contributed by atoms with Crippen molar-refractivity contribution in [3.8, 4) is 0 Å². The maximum atomic E-state index is 11.3. The summed E-state index contributed by atoms with van der Waals surface area (Å²) in [6.07, 6.45) is 2.65. The van der Waals surface area contributed by atoms with E-state index in [2.05, 4.69) is 4.98 Å². The Morgan fingerprint density at radius 3 is 2.40 bits per heavy atom. The van der Waals surface area contributed by atoms with Gasteiger partial charge >= 0.3 is 5.97 Å². The highest BCUT2D eigenvalue weighted by atomic mass is 32.2. The molecule has 2 rings (SSSR count). The fraction of sp³-hybridized carbons (Fsp3) is 0.0769. The molecular formula is C13H11NO4S2. The van der Waals surface area contributed by atoms with Crippen LogP contribution >= 0.6 is 11.8 Å². The van der Waals surface area contributed by atoms with Gasteiger partial charge in [-0.2, -0.15) is 0 Å². The van der Waals surface area contributed by atoms with Crippen molar-refractivity contribution >= 4 is 27.6 Å². The van der Waals surface area contributed by atoms with Gasteiger partial charge in [0, 0.05) is 17.3 Å². The third-order valence-electron chi connectivity index (χ3n) is 2.47. The van der Waals surface area contributed by atoms with Crippen LogP contribution in [0.5, 0.6) is 0 Å². The Bertz CT molecular complexity index is 739. The van der Waals surface area contributed by atoms with Crippen LogP contribution in [-0.2, 0) is 9.84 Å². The van der Waals surface area contributed by atoms with Crippen molar-refractivity contribution in [2.24, 2.45) is 0 Å². The lowest BCUT2D eigenvalue weighted by atomic mass is 10.3. The molecule has 0 aliphatic rings. The maximum Gasteiger partial charge on any atom is 0.338 e. The molecule has 7 heteroatoms. The molecule has 0 saturated heterocycles. The molecule has 0 spiro atoms. The standard InChI is InChI=1S/C13H11NO4S2/c1-20(17,18)10-6-4-9(5-7-10)19-12-11(13(15)16)3-2-8-14-12/h2-8H,1H3,(H,15,16). The molecule has 0 unspecified atom stereocenters. The Morgan fingerprint density at radius 1 is 1.20 bits per heavy atom. The van der Waals surface area contributed by atoms with E-state index < -0.39 is 15.8 Å². The second-order valence-corrected chi connectivity index (χ2v) is 7.08. The van der Waals surface area contributed by atoms with Crippen LogP contribution in [0.3, 0.4) is 0 Å². The van der Waals surface area contributed by atoms with E-state index in [0.717, 1.165) is 11.2 Å². The van der Waals surface area contributed by atoms with E-state index in [-0.39, 0.29) is 10.5 Å². The zero-order valence-electron chi connectivity index (χ0n) is 10.5. The fourth-order valence-electron chi connectivity index (χ4n) is 1.50. The molecule has 0 bridgehead atoms. The lowest BCUT2D eigenvalue weighted by Gasteiger charge is -2.05. The summed E-state index contributed by atoms with van der Waals surface area (Å²) in [4.78, 5) is 16.0. The van der Waals surface area contributed by atoms with Gasteiger partial charge < -0.3 is 5.11 Å². The number of carbonyl (C=O) groups is 1. The minimum Gasteiger partial charge on any atom is -0.478 e. The van der Waals surface area contributed by atoms with Crippen molar-refractivity contribution in [1.82, 2.24) is 4.98 Å². The number of carboxylic acids is 1. The number of aromatic carboxylic acids is 1. The Hall–Kier alpha value is -1.86. The number of aromatic nitrogens is 1. The van der Waals surface area contributed by atoms with E-state index in [1.807, 2.05) is 0 Å². The molecule has 1 aromatic carbocycles. The predicted molar refractivity (Wildman–Crippen MR) is 74.9 cm³/mol. The molecule has 0 amide bonds. The van der Waals surface area contributed by atoms with Crippen LogP contribution in [0, 0.1) is 0 Å². The van der Waals surface area contributed by atoms with E-state index in [9.17, 15) is 13.2 Å². The van der Waals surface area contributed by atoms with Crippen LogP contribution in [0.2, 0.25) is 0 Å². The van der Waals surface area contributed by atoms with Crippen LogP contribution in [-0.4, -0.2) is 30.7 Å². The van der Waals surface area contributed by atoms with Gasteiger partial charge in [0.25, 0.3) is 0 Å². The summed E-state index contributed by atoms with van der Waals surface area (Å²) >= 11 is 1.18. The largest absolute Gasteiger partial charge is 0.478 e. The second-order valence-electron chi connectivity index (χ2n) is 4.01. The Balaban J connectivity index is 2.30. The van der Waals surface area contributed by atoms with Gasteiger partial charge in [0.1, 0.15) is 5.03 Å². The van der Waals surface area contributed by atoms with E-state index in [1.165, 1.54) is 36.2 Å². The lowest BCUT2D eigenvalue weighted by Crippen LogP contribution is -2.00. The first-order valence-electron chi connectivity index (χ1n) is 5.54. The van der Waals surface area contributed by atoms with Crippen molar-refractivity contribution in [3.63, 3.8) is 0 Å². The fourth-order valence-corrected chi connectivity index (χ4v) is 3.01. The number of nitrogens with zero attached hydrogens (tertiary/aromatic N) is 1. The van der Waals surface area contributed by atoms with Crippen LogP contribution < -0.4 is 0 Å². The Kier molecular flexibility index (Phi) is 4.10. The summed E-state index contributed by atoms with van der Waals surface area (Å²) in [7, 11) is -3.23. The van der Waals surface area contributed by atoms with Crippen LogP contribution in [0.1, 0.15) is 10.4 Å². The van der Waals surface area contributed by atoms with Gasteiger partial charge in [0.05, 0.1) is 10.5 Å². The number of hydrogen-bond donors (Lipinski definition) is 1. The molecule has 0 radical (unpaired) electrons. The average molecular weight is 309 g/mol. The van der Waals surface area contributed by atoms with E-state index >= 15 is 0 Å². The third-order valence-corrected chi connectivity index (χ3v) is 4.62. The van der Waals surface area contributed by atoms with Crippen LogP contribution in [0.25, 0.3) is 0 Å². The number of rotatable bonds is 4. The van der Waals surface area contributed by atoms with Crippen molar-refractivity contribution in [2.75, 3.05) is 6.26 Å². The average Bonchev–Trinajstić information content (AvgIpc) is 2.38. The van der Waals surface area contributed by atoms with Gasteiger partial charge in [-0.3, -0.25) is 0 Å². The van der Waals surface area contributed by atoms with E-state index in [0.29, 0.717) is 5.03 Å². The minimum atomic E-state index is -3.23. The second kappa shape index (κ2) is 5.64. The SMILES string of the molecule is CS(=O)(=O)c1ccc(Sc2ncccc2C(=O)O)cc1. The molecule has 2 aromatic rings. The van der Waals surface area contributed by atoms with Crippen LogP contribution in [0.4, 0.5) is 0 Å². The highest BCUT2D eigenvalue weighted by molar-refractivity contribution is 7.99. The summed E-state index contributed by atoms with van der Waals surface area (Å²) in [5.74, 6) is -1.05. The number of benzene rings is 1. The quantitative estimate of drug-likeness (QED) is 0.933. The summed E-state index contributed by atoms with van der Waals surface area (Å²) in [5.41, 5.74) is 0.115. The summed E-state index contributed by atoms with van der Waals surface area (Å²) in [6, 6.07) is 9.26. The molecule has 1 N–H and O–H groups in total. The zero-order chi connectivity index (χ0) is 14.8. The predicted octanol–water partition coefficient (Wildman–Crippen LogP) is 2.33. The number of pyridine rings is 1. The van der Waals surface area contributed by atoms with Crippen LogP contribution in [0.15, 0.2) is 57.4 Å². The highest BCUT2D eigenvalue weighted by Crippen LogP contribution is 2.29. The van der Waals surface area contributed by atoms with Gasteiger partial charge in [-0.15, -0.1) is 0 Å². The molecule has 1 heterocycles. The van der Waals surface area contributed by atoms with Gasteiger partial charge in [-0.1, -0.05) is 11.8 Å². The van der Waals surface area contributed by atoms with Gasteiger partial charge in [-0.05, 0) is 36.4 Å². The molecule has 1 aromatic heterocycles. The van der Waals surface area contributed by atoms with Crippen molar-refractivity contribution in [2.45, 2.75) is 14.8 Å². The molecule has 0 saturated carbocycles. The first kappa shape index (κ1) is 14.5. The van der Waals surface area contributed by atoms with Crippen molar-refractivity contribution < 1.29 is 18.3 Å². The van der Waals surface area contributed by atoms with Gasteiger partial charge in [0.15, 0.2) is 9.84 Å². The van der Waals surface area contributed by atoms with E-state index in [4.69, 9.17) is 5.11 Å². The summed E-state index contributed by atoms with van der Waals surface area (Å²) in [6.45, 7) is 0.